The third-order valence-corrected chi connectivity index (χ3v) is 2.17. The van der Waals surface area contributed by atoms with Gasteiger partial charge in [0, 0.05) is 12.4 Å². The van der Waals surface area contributed by atoms with E-state index in [0.717, 1.165) is 0 Å². The van der Waals surface area contributed by atoms with E-state index in [0.29, 0.717) is 11.3 Å². The smallest absolute Gasteiger partial charge is 0.341 e. The Balaban J connectivity index is 2.29. The molecule has 0 aliphatic rings. The van der Waals surface area contributed by atoms with Crippen molar-refractivity contribution in [3.63, 3.8) is 0 Å². The number of fused-ring (bicyclic) bond motifs is 1. The van der Waals surface area contributed by atoms with Crippen molar-refractivity contribution < 1.29 is 14.6 Å². The number of ether oxygens (including phenoxy) is 1. The van der Waals surface area contributed by atoms with Crippen LogP contribution in [0.1, 0.15) is 18.7 Å². The highest BCUT2D eigenvalue weighted by atomic mass is 16.5. The minimum absolute atomic E-state index is 0.239. The van der Waals surface area contributed by atoms with Crippen molar-refractivity contribution in [2.24, 2.45) is 0 Å². The number of aromatic nitrogens is 2. The molecule has 0 spiro atoms. The molecule has 84 valence electrons. The van der Waals surface area contributed by atoms with Crippen LogP contribution in [0, 0.1) is 0 Å². The quantitative estimate of drug-likeness (QED) is 0.781. The van der Waals surface area contributed by atoms with Crippen molar-refractivity contribution in [3.05, 3.63) is 36.3 Å². The molecule has 5 nitrogen and oxygen atoms in total. The lowest BCUT2D eigenvalue weighted by molar-refractivity contribution is -0.153. The predicted octanol–water partition coefficient (Wildman–Crippen LogP) is 0.931. The molecule has 5 heteroatoms. The van der Waals surface area contributed by atoms with Gasteiger partial charge in [-0.15, -0.1) is 0 Å². The lowest BCUT2D eigenvalue weighted by Gasteiger charge is -2.05. The number of hydrogen-bond donors (Lipinski definition) is 1. The second-order valence-corrected chi connectivity index (χ2v) is 3.29. The number of nitrogens with zero attached hydrogens (tertiary/aromatic N) is 2. The first-order valence-corrected chi connectivity index (χ1v) is 5.00. The van der Waals surface area contributed by atoms with E-state index in [1.165, 1.54) is 0 Å². The molecule has 16 heavy (non-hydrogen) atoms. The summed E-state index contributed by atoms with van der Waals surface area (Å²) >= 11 is 0. The van der Waals surface area contributed by atoms with E-state index in [-0.39, 0.29) is 6.61 Å². The summed E-state index contributed by atoms with van der Waals surface area (Å²) in [5, 5.41) is 9.67. The van der Waals surface area contributed by atoms with E-state index in [2.05, 4.69) is 4.98 Å². The van der Waals surface area contributed by atoms with Crippen molar-refractivity contribution >= 4 is 11.6 Å². The lowest BCUT2D eigenvalue weighted by atomic mass is 10.3. The molecule has 0 saturated heterocycles. The van der Waals surface area contributed by atoms with E-state index < -0.39 is 12.1 Å². The van der Waals surface area contributed by atoms with Crippen LogP contribution in [0.4, 0.5) is 0 Å². The normalized spacial score (nSPS) is 12.6. The zero-order valence-corrected chi connectivity index (χ0v) is 8.83. The Morgan fingerprint density at radius 2 is 2.44 bits per heavy atom. The highest BCUT2D eigenvalue weighted by Gasteiger charge is 2.21. The Bertz CT molecular complexity index is 474. The van der Waals surface area contributed by atoms with Crippen molar-refractivity contribution in [1.29, 1.82) is 0 Å². The second-order valence-electron chi connectivity index (χ2n) is 3.29. The number of esters is 1. The van der Waals surface area contributed by atoms with Crippen molar-refractivity contribution in [1.82, 2.24) is 9.38 Å². The zero-order chi connectivity index (χ0) is 11.5. The van der Waals surface area contributed by atoms with Gasteiger partial charge >= 0.3 is 5.97 Å². The average molecular weight is 220 g/mol. The van der Waals surface area contributed by atoms with Crippen molar-refractivity contribution in [2.75, 3.05) is 6.61 Å². The highest BCUT2D eigenvalue weighted by Crippen LogP contribution is 2.14. The zero-order valence-electron chi connectivity index (χ0n) is 8.83. The summed E-state index contributed by atoms with van der Waals surface area (Å²) in [6, 6.07) is 5.47. The number of aliphatic hydroxyl groups is 1. The third-order valence-electron chi connectivity index (χ3n) is 2.17. The second kappa shape index (κ2) is 4.32. The topological polar surface area (TPSA) is 63.8 Å². The molecule has 0 saturated carbocycles. The molecule has 0 amide bonds. The van der Waals surface area contributed by atoms with Crippen LogP contribution in [-0.2, 0) is 9.53 Å². The molecular weight excluding hydrogens is 208 g/mol. The van der Waals surface area contributed by atoms with Gasteiger partial charge in [-0.25, -0.2) is 9.78 Å². The van der Waals surface area contributed by atoms with Gasteiger partial charge in [0.2, 0.25) is 0 Å². The third kappa shape index (κ3) is 1.90. The molecule has 0 radical (unpaired) electrons. The van der Waals surface area contributed by atoms with Gasteiger partial charge in [0.1, 0.15) is 5.65 Å². The summed E-state index contributed by atoms with van der Waals surface area (Å²) in [5.74, 6) is -0.675. The first-order chi connectivity index (χ1) is 7.72. The molecule has 0 aromatic carbocycles. The van der Waals surface area contributed by atoms with E-state index in [1.54, 1.807) is 29.8 Å². The number of rotatable bonds is 3. The molecule has 0 fully saturated rings. The van der Waals surface area contributed by atoms with Crippen LogP contribution in [0.25, 0.3) is 5.65 Å². The van der Waals surface area contributed by atoms with Crippen LogP contribution in [0.15, 0.2) is 30.6 Å². The Morgan fingerprint density at radius 3 is 3.12 bits per heavy atom. The molecule has 1 N–H and O–H groups in total. The fraction of sp³-hybridized carbons (Fsp3) is 0.273. The van der Waals surface area contributed by atoms with Crippen LogP contribution >= 0.6 is 0 Å². The Kier molecular flexibility index (Phi) is 2.87. The van der Waals surface area contributed by atoms with Gasteiger partial charge in [0.25, 0.3) is 0 Å². The Hall–Kier alpha value is -1.88. The number of carbonyl (C=O) groups is 1. The molecule has 2 aromatic heterocycles. The summed E-state index contributed by atoms with van der Waals surface area (Å²) in [4.78, 5) is 15.4. The molecule has 0 aliphatic carbocycles. The van der Waals surface area contributed by atoms with Gasteiger partial charge < -0.3 is 14.2 Å². The van der Waals surface area contributed by atoms with E-state index >= 15 is 0 Å². The molecule has 2 rings (SSSR count). The van der Waals surface area contributed by atoms with E-state index in [1.807, 2.05) is 12.1 Å². The fourth-order valence-corrected chi connectivity index (χ4v) is 1.43. The summed E-state index contributed by atoms with van der Waals surface area (Å²) in [5.41, 5.74) is 0.977. The number of pyridine rings is 1. The maximum atomic E-state index is 11.3. The minimum Gasteiger partial charge on any atom is -0.464 e. The first kappa shape index (κ1) is 10.6. The summed E-state index contributed by atoms with van der Waals surface area (Å²) in [7, 11) is 0. The minimum atomic E-state index is -1.32. The monoisotopic (exact) mass is 220 g/mol. The Morgan fingerprint density at radius 1 is 1.62 bits per heavy atom. The fourth-order valence-electron chi connectivity index (χ4n) is 1.43. The van der Waals surface area contributed by atoms with Gasteiger partial charge in [0.05, 0.1) is 12.3 Å². The highest BCUT2D eigenvalue weighted by molar-refractivity contribution is 5.75. The predicted molar refractivity (Wildman–Crippen MR) is 56.8 cm³/mol. The van der Waals surface area contributed by atoms with Gasteiger partial charge in [0.15, 0.2) is 6.10 Å². The molecule has 0 bridgehead atoms. The largest absolute Gasteiger partial charge is 0.464 e. The first-order valence-electron chi connectivity index (χ1n) is 5.00. The number of imidazole rings is 1. The van der Waals surface area contributed by atoms with Gasteiger partial charge in [-0.3, -0.25) is 0 Å². The van der Waals surface area contributed by atoms with E-state index in [4.69, 9.17) is 4.74 Å². The maximum absolute atomic E-state index is 11.3. The van der Waals surface area contributed by atoms with Crippen molar-refractivity contribution in [2.45, 2.75) is 13.0 Å². The van der Waals surface area contributed by atoms with Gasteiger partial charge in [-0.2, -0.15) is 0 Å². The number of carbonyl (C=O) groups excluding carboxylic acids is 1. The molecular formula is C11H12N2O3. The van der Waals surface area contributed by atoms with Crippen LogP contribution in [0.3, 0.4) is 0 Å². The van der Waals surface area contributed by atoms with Crippen LogP contribution in [0.2, 0.25) is 0 Å². The molecule has 2 aromatic rings. The standard InChI is InChI=1S/C11H12N2O3/c1-2-16-11(15)10(14)8-7-13-6-4-3-5-9(13)12-8/h3-7,10,14H,2H2,1H3. The maximum Gasteiger partial charge on any atom is 0.341 e. The molecule has 0 aliphatic heterocycles. The summed E-state index contributed by atoms with van der Waals surface area (Å²) < 4.78 is 6.45. The molecule has 1 unspecified atom stereocenters. The van der Waals surface area contributed by atoms with Crippen molar-refractivity contribution in [3.8, 4) is 0 Å². The number of hydrogen-bond acceptors (Lipinski definition) is 4. The lowest BCUT2D eigenvalue weighted by Crippen LogP contribution is -2.15. The van der Waals surface area contributed by atoms with Crippen LogP contribution in [0.5, 0.6) is 0 Å². The van der Waals surface area contributed by atoms with Gasteiger partial charge in [-0.05, 0) is 19.1 Å². The molecule has 2 heterocycles. The van der Waals surface area contributed by atoms with Crippen LogP contribution in [-0.4, -0.2) is 27.1 Å². The number of aliphatic hydroxyl groups excluding tert-OH is 1. The molecule has 1 atom stereocenters. The Labute approximate surface area is 92.3 Å². The SMILES string of the molecule is CCOC(=O)C(O)c1cn2ccccc2n1. The summed E-state index contributed by atoms with van der Waals surface area (Å²) in [6.45, 7) is 1.93. The van der Waals surface area contributed by atoms with Gasteiger partial charge in [-0.1, -0.05) is 6.07 Å². The average Bonchev–Trinajstić information content (AvgIpc) is 2.71. The summed E-state index contributed by atoms with van der Waals surface area (Å²) in [6.07, 6.45) is 2.08. The van der Waals surface area contributed by atoms with Crippen LogP contribution < -0.4 is 0 Å². The van der Waals surface area contributed by atoms with E-state index in [9.17, 15) is 9.90 Å².